The molecule has 4 heterocycles. The number of piperidine rings is 1. The molecule has 3 aromatic rings. The number of hydrogen-bond acceptors (Lipinski definition) is 8. The number of fused-ring (bicyclic) bond motifs is 2. The zero-order chi connectivity index (χ0) is 30.2. The summed E-state index contributed by atoms with van der Waals surface area (Å²) in [5.74, 6) is 0.555. The van der Waals surface area contributed by atoms with Gasteiger partial charge in [0.1, 0.15) is 24.0 Å². The van der Waals surface area contributed by atoms with Gasteiger partial charge in [0.15, 0.2) is 0 Å². The minimum absolute atomic E-state index is 0.0529. The van der Waals surface area contributed by atoms with E-state index in [1.54, 1.807) is 18.1 Å². The highest BCUT2D eigenvalue weighted by molar-refractivity contribution is 6.05. The molecule has 10 heteroatoms. The summed E-state index contributed by atoms with van der Waals surface area (Å²) in [6.07, 6.45) is 6.15. The fraction of sp³-hybridized carbons (Fsp3) is 0.471. The molecule has 0 radical (unpaired) electrons. The smallest absolute Gasteiger partial charge is 0.255 e. The zero-order valence-corrected chi connectivity index (χ0v) is 25.0. The number of likely N-dealkylation sites (tertiary alicyclic amines) is 1. The summed E-state index contributed by atoms with van der Waals surface area (Å²) in [5.41, 5.74) is 3.61. The average molecular weight is 599 g/mol. The van der Waals surface area contributed by atoms with Crippen LogP contribution in [0.4, 0.5) is 0 Å². The highest BCUT2D eigenvalue weighted by atomic mass is 16.5. The van der Waals surface area contributed by atoms with Gasteiger partial charge in [0.2, 0.25) is 17.7 Å². The standard InChI is InChI=1S/C34H38N4O6/c1-42-24-4-6-25(7-5-24)44-32-13-3-22-16-21(2-10-29(22)35-32)18-37-15-14-27(20-37)43-26-8-9-28-23(17-26)19-38(34(28)41)30-11-12-31(39)36-33(30)40/h2-3,8-10,13,16-17,24-25,27,30H,4-7,11-12,14-15,18-20H2,1H3,(H,36,39,40)/t24?,25?,27-,30?/m0/s1. The van der Waals surface area contributed by atoms with E-state index in [2.05, 4.69) is 34.5 Å². The van der Waals surface area contributed by atoms with Gasteiger partial charge in [-0.15, -0.1) is 0 Å². The second-order valence-electron chi connectivity index (χ2n) is 12.4. The topological polar surface area (TPSA) is 110 Å². The van der Waals surface area contributed by atoms with Gasteiger partial charge in [-0.1, -0.05) is 6.07 Å². The number of rotatable bonds is 8. The normalized spacial score (nSPS) is 25.8. The summed E-state index contributed by atoms with van der Waals surface area (Å²) < 4.78 is 18.0. The van der Waals surface area contributed by atoms with Crippen molar-refractivity contribution in [2.24, 2.45) is 0 Å². The maximum atomic E-state index is 13.0. The quantitative estimate of drug-likeness (QED) is 0.388. The fourth-order valence-electron chi connectivity index (χ4n) is 6.99. The van der Waals surface area contributed by atoms with Gasteiger partial charge in [0.05, 0.1) is 11.6 Å². The van der Waals surface area contributed by atoms with E-state index >= 15 is 0 Å². The van der Waals surface area contributed by atoms with Gasteiger partial charge in [-0.05, 0) is 86.1 Å². The molecule has 4 aliphatic rings. The molecule has 2 aromatic carbocycles. The summed E-state index contributed by atoms with van der Waals surface area (Å²) in [5, 5.41) is 3.45. The summed E-state index contributed by atoms with van der Waals surface area (Å²) in [7, 11) is 1.78. The minimum Gasteiger partial charge on any atom is -0.489 e. The largest absolute Gasteiger partial charge is 0.489 e. The highest BCUT2D eigenvalue weighted by Gasteiger charge is 2.39. The van der Waals surface area contributed by atoms with E-state index in [9.17, 15) is 14.4 Å². The van der Waals surface area contributed by atoms with Crippen LogP contribution in [0.5, 0.6) is 11.6 Å². The molecule has 1 saturated carbocycles. The Morgan fingerprint density at radius 3 is 2.55 bits per heavy atom. The number of nitrogens with zero attached hydrogens (tertiary/aromatic N) is 3. The lowest BCUT2D eigenvalue weighted by atomic mass is 9.95. The van der Waals surface area contributed by atoms with E-state index in [1.807, 2.05) is 18.2 Å². The molecule has 3 amide bonds. The number of pyridine rings is 1. The second kappa shape index (κ2) is 12.2. The molecule has 7 rings (SSSR count). The van der Waals surface area contributed by atoms with E-state index in [-0.39, 0.29) is 30.4 Å². The van der Waals surface area contributed by atoms with Crippen molar-refractivity contribution >= 4 is 28.6 Å². The van der Waals surface area contributed by atoms with Crippen molar-refractivity contribution in [2.75, 3.05) is 20.2 Å². The van der Waals surface area contributed by atoms with Gasteiger partial charge in [-0.25, -0.2) is 4.98 Å². The molecule has 2 saturated heterocycles. The van der Waals surface area contributed by atoms with Crippen LogP contribution in [-0.4, -0.2) is 77.1 Å². The molecule has 1 N–H and O–H groups in total. The lowest BCUT2D eigenvalue weighted by molar-refractivity contribution is -0.136. The summed E-state index contributed by atoms with van der Waals surface area (Å²) in [4.78, 5) is 45.6. The second-order valence-corrected chi connectivity index (χ2v) is 12.4. The van der Waals surface area contributed by atoms with Crippen LogP contribution in [0.25, 0.3) is 10.9 Å². The summed E-state index contributed by atoms with van der Waals surface area (Å²) in [6.45, 7) is 2.92. The predicted octanol–water partition coefficient (Wildman–Crippen LogP) is 3.99. The summed E-state index contributed by atoms with van der Waals surface area (Å²) >= 11 is 0. The Kier molecular flexibility index (Phi) is 7.95. The minimum atomic E-state index is -0.618. The molecule has 3 fully saturated rings. The fourth-order valence-corrected chi connectivity index (χ4v) is 6.99. The molecule has 1 unspecified atom stereocenters. The van der Waals surface area contributed by atoms with Crippen molar-refractivity contribution in [3.8, 4) is 11.6 Å². The van der Waals surface area contributed by atoms with E-state index in [0.29, 0.717) is 30.5 Å². The van der Waals surface area contributed by atoms with Crippen molar-refractivity contribution in [3.05, 3.63) is 65.2 Å². The lowest BCUT2D eigenvalue weighted by Crippen LogP contribution is -2.52. The first-order chi connectivity index (χ1) is 21.4. The van der Waals surface area contributed by atoms with Gasteiger partial charge >= 0.3 is 0 Å². The van der Waals surface area contributed by atoms with Gasteiger partial charge in [-0.2, -0.15) is 0 Å². The third kappa shape index (κ3) is 6.01. The monoisotopic (exact) mass is 598 g/mol. The first-order valence-corrected chi connectivity index (χ1v) is 15.7. The van der Waals surface area contributed by atoms with Crippen LogP contribution in [0.3, 0.4) is 0 Å². The van der Waals surface area contributed by atoms with Crippen LogP contribution in [0.15, 0.2) is 48.5 Å². The van der Waals surface area contributed by atoms with Crippen molar-refractivity contribution in [2.45, 2.75) is 82.4 Å². The molecule has 10 nitrogen and oxygen atoms in total. The lowest BCUT2D eigenvalue weighted by Gasteiger charge is -2.29. The zero-order valence-electron chi connectivity index (χ0n) is 25.0. The van der Waals surface area contributed by atoms with E-state index in [1.165, 1.54) is 5.56 Å². The number of hydrogen-bond donors (Lipinski definition) is 1. The van der Waals surface area contributed by atoms with Gasteiger partial charge in [-0.3, -0.25) is 24.6 Å². The van der Waals surface area contributed by atoms with Crippen molar-refractivity contribution in [3.63, 3.8) is 0 Å². The Hall–Kier alpha value is -4.02. The Bertz CT molecular complexity index is 1590. The van der Waals surface area contributed by atoms with Crippen LogP contribution >= 0.6 is 0 Å². The van der Waals surface area contributed by atoms with E-state index < -0.39 is 11.9 Å². The molecule has 44 heavy (non-hydrogen) atoms. The number of carbonyl (C=O) groups is 3. The number of carbonyl (C=O) groups excluding carboxylic acids is 3. The van der Waals surface area contributed by atoms with Crippen LogP contribution in [0.2, 0.25) is 0 Å². The van der Waals surface area contributed by atoms with Crippen LogP contribution in [0.1, 0.15) is 66.4 Å². The summed E-state index contributed by atoms with van der Waals surface area (Å²) in [6, 6.07) is 15.4. The first kappa shape index (κ1) is 28.7. The number of aromatic nitrogens is 1. The van der Waals surface area contributed by atoms with Crippen LogP contribution in [0, 0.1) is 0 Å². The van der Waals surface area contributed by atoms with E-state index in [0.717, 1.165) is 74.0 Å². The maximum absolute atomic E-state index is 13.0. The molecule has 230 valence electrons. The molecule has 0 bridgehead atoms. The van der Waals surface area contributed by atoms with Crippen LogP contribution < -0.4 is 14.8 Å². The maximum Gasteiger partial charge on any atom is 0.255 e. The first-order valence-electron chi connectivity index (χ1n) is 15.7. The van der Waals surface area contributed by atoms with Crippen molar-refractivity contribution < 1.29 is 28.6 Å². The van der Waals surface area contributed by atoms with Gasteiger partial charge in [0.25, 0.3) is 5.91 Å². The molecule has 0 spiro atoms. The molecular formula is C34H38N4O6. The number of benzene rings is 2. The Morgan fingerprint density at radius 1 is 0.886 bits per heavy atom. The van der Waals surface area contributed by atoms with E-state index in [4.69, 9.17) is 19.2 Å². The Labute approximate surface area is 256 Å². The average Bonchev–Trinajstić information content (AvgIpc) is 3.60. The number of amides is 3. The number of methoxy groups -OCH3 is 1. The molecule has 2 atom stereocenters. The van der Waals surface area contributed by atoms with Crippen molar-refractivity contribution in [1.29, 1.82) is 0 Å². The van der Waals surface area contributed by atoms with Crippen molar-refractivity contribution in [1.82, 2.24) is 20.1 Å². The number of nitrogens with one attached hydrogen (secondary N) is 1. The molecule has 3 aliphatic heterocycles. The number of ether oxygens (including phenoxy) is 3. The Balaban J connectivity index is 0.927. The van der Waals surface area contributed by atoms with Crippen LogP contribution in [-0.2, 0) is 27.4 Å². The molecular weight excluding hydrogens is 560 g/mol. The predicted molar refractivity (Wildman–Crippen MR) is 162 cm³/mol. The highest BCUT2D eigenvalue weighted by Crippen LogP contribution is 2.32. The third-order valence-corrected chi connectivity index (χ3v) is 9.40. The van der Waals surface area contributed by atoms with Gasteiger partial charge in [0, 0.05) is 56.7 Å². The number of imide groups is 1. The Morgan fingerprint density at radius 2 is 1.73 bits per heavy atom. The third-order valence-electron chi connectivity index (χ3n) is 9.40. The van der Waals surface area contributed by atoms with Gasteiger partial charge < -0.3 is 19.1 Å². The SMILES string of the molecule is COC1CCC(Oc2ccc3cc(CN4CC[C@H](Oc5ccc6c(c5)CN(C5CCC(=O)NC5=O)C6=O)C4)ccc3n2)CC1. The molecule has 1 aromatic heterocycles. The molecule has 1 aliphatic carbocycles.